The maximum absolute atomic E-state index is 5.40. The minimum absolute atomic E-state index is 0.425. The molecule has 4 heteroatoms. The Morgan fingerprint density at radius 1 is 1.47 bits per heavy atom. The molecule has 0 heterocycles. The van der Waals surface area contributed by atoms with Gasteiger partial charge in [-0.2, -0.15) is 0 Å². The maximum atomic E-state index is 5.40. The first-order chi connectivity index (χ1) is 7.20. The molecule has 0 unspecified atom stereocenters. The van der Waals surface area contributed by atoms with Crippen LogP contribution in [0.2, 0.25) is 0 Å². The third-order valence-electron chi connectivity index (χ3n) is 3.14. The van der Waals surface area contributed by atoms with Crippen molar-refractivity contribution in [1.82, 2.24) is 10.7 Å². The fourth-order valence-corrected chi connectivity index (χ4v) is 1.74. The number of nitrogens with one attached hydrogen (secondary N) is 2. The van der Waals surface area contributed by atoms with Gasteiger partial charge in [0.15, 0.2) is 0 Å². The summed E-state index contributed by atoms with van der Waals surface area (Å²) < 4.78 is 0. The topological polar surface area (TPSA) is 62.4 Å². The fraction of sp³-hybridized carbons (Fsp3) is 0.909. The number of nitrogens with zero attached hydrogens (tertiary/aromatic N) is 1. The monoisotopic (exact) mass is 212 g/mol. The molecule has 1 rings (SSSR count). The molecule has 0 saturated heterocycles. The van der Waals surface area contributed by atoms with Crippen LogP contribution in [-0.2, 0) is 0 Å². The van der Waals surface area contributed by atoms with Crippen LogP contribution in [-0.4, -0.2) is 19.0 Å². The van der Waals surface area contributed by atoms with Crippen LogP contribution in [0.4, 0.5) is 0 Å². The summed E-state index contributed by atoms with van der Waals surface area (Å²) in [5.74, 6) is 6.13. The van der Waals surface area contributed by atoms with Crippen molar-refractivity contribution in [3.63, 3.8) is 0 Å². The molecule has 0 radical (unpaired) electrons. The molecule has 4 N–H and O–H groups in total. The molecule has 1 aliphatic rings. The van der Waals surface area contributed by atoms with Crippen molar-refractivity contribution in [1.29, 1.82) is 0 Å². The highest BCUT2D eigenvalue weighted by atomic mass is 15.3. The zero-order valence-corrected chi connectivity index (χ0v) is 9.97. The molecule has 15 heavy (non-hydrogen) atoms. The number of hydrogen-bond acceptors (Lipinski definition) is 2. The molecular formula is C11H24N4. The largest absolute Gasteiger partial charge is 0.355 e. The minimum Gasteiger partial charge on any atom is -0.355 e. The van der Waals surface area contributed by atoms with Crippen molar-refractivity contribution >= 4 is 5.96 Å². The Morgan fingerprint density at radius 3 is 2.67 bits per heavy atom. The van der Waals surface area contributed by atoms with E-state index in [1.165, 1.54) is 25.7 Å². The maximum Gasteiger partial charge on any atom is 0.205 e. The van der Waals surface area contributed by atoms with Crippen molar-refractivity contribution in [2.24, 2.45) is 16.3 Å². The zero-order valence-electron chi connectivity index (χ0n) is 9.97. The van der Waals surface area contributed by atoms with Gasteiger partial charge in [0.05, 0.1) is 0 Å². The van der Waals surface area contributed by atoms with Crippen LogP contribution in [0.3, 0.4) is 0 Å². The lowest BCUT2D eigenvalue weighted by Gasteiger charge is -2.36. The second kappa shape index (κ2) is 5.95. The molecule has 0 aromatic carbocycles. The van der Waals surface area contributed by atoms with Gasteiger partial charge in [-0.1, -0.05) is 26.7 Å². The summed E-state index contributed by atoms with van der Waals surface area (Å²) in [6.07, 6.45) is 6.27. The van der Waals surface area contributed by atoms with Gasteiger partial charge in [0, 0.05) is 13.1 Å². The van der Waals surface area contributed by atoms with Gasteiger partial charge in [0.25, 0.3) is 0 Å². The molecule has 1 fully saturated rings. The number of hydrazine groups is 1. The van der Waals surface area contributed by atoms with E-state index in [4.69, 9.17) is 5.84 Å². The summed E-state index contributed by atoms with van der Waals surface area (Å²) in [6.45, 7) is 6.28. The molecular weight excluding hydrogens is 188 g/mol. The Kier molecular flexibility index (Phi) is 4.88. The summed E-state index contributed by atoms with van der Waals surface area (Å²) >= 11 is 0. The van der Waals surface area contributed by atoms with Crippen LogP contribution in [0.25, 0.3) is 0 Å². The first-order valence-electron chi connectivity index (χ1n) is 5.95. The first kappa shape index (κ1) is 12.3. The highest BCUT2D eigenvalue weighted by Crippen LogP contribution is 2.40. The number of rotatable bonds is 5. The third-order valence-corrected chi connectivity index (χ3v) is 3.14. The minimum atomic E-state index is 0.425. The van der Waals surface area contributed by atoms with Gasteiger partial charge in [0.1, 0.15) is 0 Å². The Hall–Kier alpha value is -0.770. The van der Waals surface area contributed by atoms with E-state index < -0.39 is 0 Å². The van der Waals surface area contributed by atoms with Crippen LogP contribution < -0.4 is 16.6 Å². The van der Waals surface area contributed by atoms with Crippen LogP contribution in [0, 0.1) is 5.41 Å². The molecule has 0 aliphatic heterocycles. The van der Waals surface area contributed by atoms with Crippen molar-refractivity contribution in [3.05, 3.63) is 0 Å². The average Bonchev–Trinajstić information content (AvgIpc) is 2.20. The van der Waals surface area contributed by atoms with Crippen molar-refractivity contribution in [3.8, 4) is 0 Å². The quantitative estimate of drug-likeness (QED) is 0.212. The van der Waals surface area contributed by atoms with E-state index in [1.54, 1.807) is 0 Å². The molecule has 0 aromatic rings. The predicted octanol–water partition coefficient (Wildman–Crippen LogP) is 1.39. The summed E-state index contributed by atoms with van der Waals surface area (Å²) in [7, 11) is 0. The second-order valence-corrected chi connectivity index (χ2v) is 4.75. The Balaban J connectivity index is 2.26. The molecule has 0 amide bonds. The lowest BCUT2D eigenvalue weighted by molar-refractivity contribution is 0.173. The first-order valence-corrected chi connectivity index (χ1v) is 5.95. The zero-order chi connectivity index (χ0) is 11.1. The number of guanidine groups is 1. The van der Waals surface area contributed by atoms with Gasteiger partial charge in [-0.25, -0.2) is 5.84 Å². The average molecular weight is 212 g/mol. The van der Waals surface area contributed by atoms with Gasteiger partial charge >= 0.3 is 0 Å². The SMILES string of the molecule is CCCCNC(=NCC1(C)CCC1)NN. The predicted molar refractivity (Wildman–Crippen MR) is 64.5 cm³/mol. The summed E-state index contributed by atoms with van der Waals surface area (Å²) in [5.41, 5.74) is 3.05. The van der Waals surface area contributed by atoms with E-state index in [0.717, 1.165) is 25.5 Å². The summed E-state index contributed by atoms with van der Waals surface area (Å²) in [6, 6.07) is 0. The highest BCUT2D eigenvalue weighted by molar-refractivity contribution is 5.79. The van der Waals surface area contributed by atoms with Crippen LogP contribution in [0.5, 0.6) is 0 Å². The van der Waals surface area contributed by atoms with E-state index in [2.05, 4.69) is 29.6 Å². The van der Waals surface area contributed by atoms with E-state index in [0.29, 0.717) is 5.41 Å². The lowest BCUT2D eigenvalue weighted by atomic mass is 9.71. The normalized spacial score (nSPS) is 19.5. The molecule has 0 spiro atoms. The Bertz CT molecular complexity index is 209. The smallest absolute Gasteiger partial charge is 0.205 e. The molecule has 0 atom stereocenters. The Morgan fingerprint density at radius 2 is 2.20 bits per heavy atom. The van der Waals surface area contributed by atoms with Crippen LogP contribution in [0.1, 0.15) is 46.0 Å². The lowest BCUT2D eigenvalue weighted by Crippen LogP contribution is -2.43. The third kappa shape index (κ3) is 4.08. The molecule has 0 aromatic heterocycles. The van der Waals surface area contributed by atoms with Gasteiger partial charge in [-0.3, -0.25) is 10.4 Å². The number of aliphatic imine (C=N–C) groups is 1. The molecule has 88 valence electrons. The molecule has 4 nitrogen and oxygen atoms in total. The van der Waals surface area contributed by atoms with Gasteiger partial charge < -0.3 is 5.32 Å². The van der Waals surface area contributed by atoms with Crippen molar-refractivity contribution in [2.45, 2.75) is 46.0 Å². The summed E-state index contributed by atoms with van der Waals surface area (Å²) in [4.78, 5) is 4.48. The van der Waals surface area contributed by atoms with E-state index in [9.17, 15) is 0 Å². The van der Waals surface area contributed by atoms with Crippen molar-refractivity contribution < 1.29 is 0 Å². The number of nitrogens with two attached hydrogens (primary N) is 1. The fourth-order valence-electron chi connectivity index (χ4n) is 1.74. The van der Waals surface area contributed by atoms with E-state index in [-0.39, 0.29) is 0 Å². The van der Waals surface area contributed by atoms with Crippen molar-refractivity contribution in [2.75, 3.05) is 13.1 Å². The van der Waals surface area contributed by atoms with Crippen LogP contribution >= 0.6 is 0 Å². The standard InChI is InChI=1S/C11H24N4/c1-3-4-8-13-10(15-12)14-9-11(2)6-5-7-11/h3-9,12H2,1-2H3,(H2,13,14,15). The van der Waals surface area contributed by atoms with E-state index in [1.807, 2.05) is 0 Å². The molecule has 0 bridgehead atoms. The molecule has 1 saturated carbocycles. The number of hydrogen-bond donors (Lipinski definition) is 3. The molecule has 1 aliphatic carbocycles. The van der Waals surface area contributed by atoms with E-state index >= 15 is 0 Å². The number of unbranched alkanes of at least 4 members (excludes halogenated alkanes) is 1. The Labute approximate surface area is 92.7 Å². The summed E-state index contributed by atoms with van der Waals surface area (Å²) in [5, 5.41) is 3.20. The second-order valence-electron chi connectivity index (χ2n) is 4.75. The van der Waals surface area contributed by atoms with Crippen LogP contribution in [0.15, 0.2) is 4.99 Å². The van der Waals surface area contributed by atoms with Gasteiger partial charge in [0.2, 0.25) is 5.96 Å². The van der Waals surface area contributed by atoms with Gasteiger partial charge in [-0.15, -0.1) is 0 Å². The highest BCUT2D eigenvalue weighted by Gasteiger charge is 2.31. The van der Waals surface area contributed by atoms with Gasteiger partial charge in [-0.05, 0) is 24.7 Å².